The Labute approximate surface area is 151 Å². The van der Waals surface area contributed by atoms with Gasteiger partial charge in [-0.15, -0.1) is 11.3 Å². The van der Waals surface area contributed by atoms with Crippen LogP contribution in [0.5, 0.6) is 0 Å². The van der Waals surface area contributed by atoms with Crippen molar-refractivity contribution in [1.82, 2.24) is 14.9 Å². The van der Waals surface area contributed by atoms with E-state index in [4.69, 9.17) is 4.74 Å². The molecule has 132 valence electrons. The molecule has 0 unspecified atom stereocenters. The molecule has 3 rings (SSSR count). The number of ether oxygens (including phenoxy) is 2. The number of rotatable bonds is 5. The molecule has 0 aliphatic carbocycles. The van der Waals surface area contributed by atoms with Crippen LogP contribution in [0.1, 0.15) is 10.4 Å². The van der Waals surface area contributed by atoms with E-state index in [9.17, 15) is 14.4 Å². The maximum Gasteiger partial charge on any atom is 0.416 e. The minimum atomic E-state index is -0.706. The van der Waals surface area contributed by atoms with Gasteiger partial charge in [0.15, 0.2) is 6.61 Å². The number of thioether (sulfide) groups is 1. The van der Waals surface area contributed by atoms with Gasteiger partial charge in [-0.2, -0.15) is 0 Å². The van der Waals surface area contributed by atoms with E-state index in [2.05, 4.69) is 14.7 Å². The van der Waals surface area contributed by atoms with E-state index >= 15 is 0 Å². The van der Waals surface area contributed by atoms with E-state index in [0.29, 0.717) is 5.03 Å². The van der Waals surface area contributed by atoms with Gasteiger partial charge in [0.25, 0.3) is 5.91 Å². The zero-order valence-corrected chi connectivity index (χ0v) is 15.2. The Balaban J connectivity index is 1.56. The Bertz CT molecular complexity index is 851. The minimum Gasteiger partial charge on any atom is -0.455 e. The van der Waals surface area contributed by atoms with Gasteiger partial charge >= 0.3 is 12.1 Å². The molecule has 0 saturated carbocycles. The number of thiophene rings is 1. The molecule has 8 nitrogen and oxygen atoms in total. The van der Waals surface area contributed by atoms with Gasteiger partial charge < -0.3 is 9.47 Å². The lowest BCUT2D eigenvalue weighted by atomic mass is 10.2. The SMILES string of the molecule is Cc1sc2ncnc(SCC(=O)OCC(=O)N3CCOC3=O)c2c1C. The molecule has 25 heavy (non-hydrogen) atoms. The fraction of sp³-hybridized carbons (Fsp3) is 0.400. The molecule has 0 aromatic carbocycles. The molecule has 1 fully saturated rings. The number of aromatic nitrogens is 2. The van der Waals surface area contributed by atoms with Crippen molar-refractivity contribution in [3.63, 3.8) is 0 Å². The van der Waals surface area contributed by atoms with Crippen LogP contribution in [0.4, 0.5) is 4.79 Å². The van der Waals surface area contributed by atoms with Crippen LogP contribution in [-0.4, -0.2) is 58.3 Å². The van der Waals surface area contributed by atoms with E-state index in [-0.39, 0.29) is 18.9 Å². The normalized spacial score (nSPS) is 14.0. The average molecular weight is 381 g/mol. The van der Waals surface area contributed by atoms with E-state index < -0.39 is 24.6 Å². The van der Waals surface area contributed by atoms with Crippen molar-refractivity contribution in [3.8, 4) is 0 Å². The van der Waals surface area contributed by atoms with Gasteiger partial charge in [-0.25, -0.2) is 19.7 Å². The highest BCUT2D eigenvalue weighted by Gasteiger charge is 2.28. The van der Waals surface area contributed by atoms with Gasteiger partial charge in [-0.05, 0) is 19.4 Å². The first kappa shape index (κ1) is 17.6. The highest BCUT2D eigenvalue weighted by molar-refractivity contribution is 8.00. The van der Waals surface area contributed by atoms with Crippen molar-refractivity contribution < 1.29 is 23.9 Å². The molecule has 0 bridgehead atoms. The molecule has 2 amide bonds. The molecule has 1 aliphatic rings. The standard InChI is InChI=1S/C15H15N3O5S2/c1-8-9(2)25-14-12(8)13(16-7-17-14)24-6-11(20)23-5-10(19)18-3-4-22-15(18)21/h7H,3-6H2,1-2H3. The summed E-state index contributed by atoms with van der Waals surface area (Å²) in [5.74, 6) is -1.13. The van der Waals surface area contributed by atoms with Crippen LogP contribution in [0.3, 0.4) is 0 Å². The number of amides is 2. The molecular weight excluding hydrogens is 366 g/mol. The highest BCUT2D eigenvalue weighted by Crippen LogP contribution is 2.34. The van der Waals surface area contributed by atoms with Gasteiger partial charge in [-0.1, -0.05) is 11.8 Å². The first-order chi connectivity index (χ1) is 12.0. The molecular formula is C15H15N3O5S2. The number of carbonyl (C=O) groups is 3. The van der Waals surface area contributed by atoms with E-state index in [0.717, 1.165) is 25.6 Å². The number of nitrogens with zero attached hydrogens (tertiary/aromatic N) is 3. The fourth-order valence-corrected chi connectivity index (χ4v) is 4.18. The fourth-order valence-electron chi connectivity index (χ4n) is 2.27. The first-order valence-electron chi connectivity index (χ1n) is 7.43. The third-order valence-corrected chi connectivity index (χ3v) is 5.75. The van der Waals surface area contributed by atoms with Gasteiger partial charge in [0.05, 0.1) is 12.3 Å². The number of hydrogen-bond donors (Lipinski definition) is 0. The van der Waals surface area contributed by atoms with Gasteiger partial charge in [0.2, 0.25) is 0 Å². The molecule has 3 heterocycles. The molecule has 2 aromatic rings. The Morgan fingerprint density at radius 2 is 2.20 bits per heavy atom. The van der Waals surface area contributed by atoms with Crippen molar-refractivity contribution >= 4 is 51.3 Å². The van der Waals surface area contributed by atoms with Crippen LogP contribution in [-0.2, 0) is 19.1 Å². The van der Waals surface area contributed by atoms with E-state index in [1.807, 2.05) is 13.8 Å². The topological polar surface area (TPSA) is 98.7 Å². The summed E-state index contributed by atoms with van der Waals surface area (Å²) in [4.78, 5) is 46.3. The molecule has 1 saturated heterocycles. The van der Waals surface area contributed by atoms with Crippen LogP contribution in [0.2, 0.25) is 0 Å². The molecule has 2 aromatic heterocycles. The predicted molar refractivity (Wildman–Crippen MR) is 91.6 cm³/mol. The van der Waals surface area contributed by atoms with Crippen molar-refractivity contribution in [1.29, 1.82) is 0 Å². The maximum atomic E-state index is 11.9. The van der Waals surface area contributed by atoms with E-state index in [1.165, 1.54) is 18.1 Å². The zero-order valence-electron chi connectivity index (χ0n) is 13.6. The summed E-state index contributed by atoms with van der Waals surface area (Å²) in [6.07, 6.45) is 0.760. The number of fused-ring (bicyclic) bond motifs is 1. The number of imide groups is 1. The number of aryl methyl sites for hydroxylation is 2. The Hall–Kier alpha value is -2.20. The van der Waals surface area contributed by atoms with Crippen molar-refractivity contribution in [2.24, 2.45) is 0 Å². The average Bonchev–Trinajstić information content (AvgIpc) is 3.14. The molecule has 0 atom stereocenters. The van der Waals surface area contributed by atoms with Crippen molar-refractivity contribution in [2.75, 3.05) is 25.5 Å². The lowest BCUT2D eigenvalue weighted by Crippen LogP contribution is -2.35. The van der Waals surface area contributed by atoms with Gasteiger partial charge in [0, 0.05) is 10.3 Å². The van der Waals surface area contributed by atoms with Crippen LogP contribution in [0.25, 0.3) is 10.2 Å². The summed E-state index contributed by atoms with van der Waals surface area (Å²) in [5, 5.41) is 1.65. The lowest BCUT2D eigenvalue weighted by Gasteiger charge is -2.10. The Kier molecular flexibility index (Phi) is 5.19. The summed E-state index contributed by atoms with van der Waals surface area (Å²) < 4.78 is 9.60. The van der Waals surface area contributed by atoms with Gasteiger partial charge in [0.1, 0.15) is 22.8 Å². The maximum absolute atomic E-state index is 11.9. The summed E-state index contributed by atoms with van der Waals surface area (Å²) in [6.45, 7) is 3.87. The molecule has 0 spiro atoms. The predicted octanol–water partition coefficient (Wildman–Crippen LogP) is 1.92. The molecule has 1 aliphatic heterocycles. The monoisotopic (exact) mass is 381 g/mol. The van der Waals surface area contributed by atoms with Gasteiger partial charge in [-0.3, -0.25) is 9.59 Å². The number of carbonyl (C=O) groups excluding carboxylic acids is 3. The van der Waals surface area contributed by atoms with Crippen LogP contribution in [0, 0.1) is 13.8 Å². The second-order valence-corrected chi connectivity index (χ2v) is 7.42. The lowest BCUT2D eigenvalue weighted by molar-refractivity contribution is -0.148. The van der Waals surface area contributed by atoms with Crippen LogP contribution in [0.15, 0.2) is 11.4 Å². The smallest absolute Gasteiger partial charge is 0.416 e. The molecule has 0 radical (unpaired) electrons. The quantitative estimate of drug-likeness (QED) is 0.440. The largest absolute Gasteiger partial charge is 0.455 e. The summed E-state index contributed by atoms with van der Waals surface area (Å²) >= 11 is 2.82. The third-order valence-electron chi connectivity index (χ3n) is 3.68. The number of hydrogen-bond acceptors (Lipinski definition) is 9. The zero-order chi connectivity index (χ0) is 18.0. The third kappa shape index (κ3) is 3.74. The molecule has 0 N–H and O–H groups in total. The van der Waals surface area contributed by atoms with E-state index in [1.54, 1.807) is 11.3 Å². The van der Waals surface area contributed by atoms with Crippen LogP contribution < -0.4 is 0 Å². The Morgan fingerprint density at radius 3 is 2.92 bits per heavy atom. The number of esters is 1. The second kappa shape index (κ2) is 7.36. The summed E-state index contributed by atoms with van der Waals surface area (Å²) in [5.41, 5.74) is 1.10. The first-order valence-corrected chi connectivity index (χ1v) is 9.24. The van der Waals surface area contributed by atoms with Crippen molar-refractivity contribution in [3.05, 3.63) is 16.8 Å². The summed E-state index contributed by atoms with van der Waals surface area (Å²) in [7, 11) is 0. The second-order valence-electron chi connectivity index (χ2n) is 5.25. The van der Waals surface area contributed by atoms with Crippen molar-refractivity contribution in [2.45, 2.75) is 18.9 Å². The Morgan fingerprint density at radius 1 is 1.40 bits per heavy atom. The van der Waals surface area contributed by atoms with Crippen LogP contribution >= 0.6 is 23.1 Å². The minimum absolute atomic E-state index is 0.0121. The summed E-state index contributed by atoms with van der Waals surface area (Å²) in [6, 6.07) is 0. The number of cyclic esters (lactones) is 1. The molecule has 10 heteroatoms. The highest BCUT2D eigenvalue weighted by atomic mass is 32.2.